The quantitative estimate of drug-likeness (QED) is 0.0712. The Morgan fingerprint density at radius 2 is 0.903 bits per heavy atom. The van der Waals surface area contributed by atoms with Crippen molar-refractivity contribution in [1.82, 2.24) is 0 Å². The van der Waals surface area contributed by atoms with E-state index in [-0.39, 0.29) is 6.61 Å². The van der Waals surface area contributed by atoms with Crippen molar-refractivity contribution in [1.29, 1.82) is 0 Å². The van der Waals surface area contributed by atoms with Gasteiger partial charge in [0.15, 0.2) is 0 Å². The largest absolute Gasteiger partial charge is 0.726 e. The summed E-state index contributed by atoms with van der Waals surface area (Å²) < 4.78 is 34.5. The molecule has 0 N–H and O–H groups in total. The van der Waals surface area contributed by atoms with Crippen LogP contribution in [0.15, 0.2) is 0 Å². The standard InChI is InChI=1S/C13H30P.C12H26O4S/c1-5-8-11-14(4,12-9-6-2)13-10-7-3;1-2-3-4-5-6-7-8-9-10-11-12-16-17(13,14)15/h5-13H2,1-4H3;2-12H2,1H3,(H,13,14,15)/q+1;/p-1. The molecule has 31 heavy (non-hydrogen) atoms. The zero-order valence-corrected chi connectivity index (χ0v) is 23.3. The van der Waals surface area contributed by atoms with Gasteiger partial charge in [-0.05, 0) is 25.7 Å². The van der Waals surface area contributed by atoms with E-state index in [0.717, 1.165) is 12.8 Å². The van der Waals surface area contributed by atoms with Gasteiger partial charge in [0.1, 0.15) is 0 Å². The van der Waals surface area contributed by atoms with E-state index in [1.165, 1.54) is 83.5 Å². The Kier molecular flexibility index (Phi) is 25.3. The minimum atomic E-state index is -4.48. The normalized spacial score (nSPS) is 11.9. The van der Waals surface area contributed by atoms with Crippen molar-refractivity contribution in [2.75, 3.05) is 31.8 Å². The molecule has 0 aliphatic carbocycles. The van der Waals surface area contributed by atoms with Gasteiger partial charge in [-0.1, -0.05) is 105 Å². The van der Waals surface area contributed by atoms with Crippen LogP contribution in [-0.4, -0.2) is 44.7 Å². The van der Waals surface area contributed by atoms with E-state index in [0.29, 0.717) is 6.42 Å². The summed E-state index contributed by atoms with van der Waals surface area (Å²) >= 11 is 0. The molecule has 0 aromatic rings. The van der Waals surface area contributed by atoms with Gasteiger partial charge >= 0.3 is 0 Å². The smallest absolute Gasteiger partial charge is 0.217 e. The molecule has 0 aliphatic rings. The maximum absolute atomic E-state index is 10.1. The van der Waals surface area contributed by atoms with E-state index in [1.54, 1.807) is 18.5 Å². The first kappa shape index (κ1) is 33.5. The number of unbranched alkanes of at least 4 members (excludes halogenated alkanes) is 12. The number of rotatable bonds is 21. The highest BCUT2D eigenvalue weighted by molar-refractivity contribution is 7.80. The Labute approximate surface area is 197 Å². The Bertz CT molecular complexity index is 433. The van der Waals surface area contributed by atoms with Crippen LogP contribution in [0.3, 0.4) is 0 Å². The van der Waals surface area contributed by atoms with E-state index in [9.17, 15) is 13.0 Å². The number of hydrogen-bond donors (Lipinski definition) is 0. The van der Waals surface area contributed by atoms with Gasteiger partial charge in [0.2, 0.25) is 10.4 Å². The molecule has 0 atom stereocenters. The molecule has 0 unspecified atom stereocenters. The monoisotopic (exact) mass is 482 g/mol. The second kappa shape index (κ2) is 23.5. The van der Waals surface area contributed by atoms with Crippen molar-refractivity contribution in [2.45, 2.75) is 130 Å². The molecule has 0 aromatic heterocycles. The van der Waals surface area contributed by atoms with Gasteiger partial charge in [-0.2, -0.15) is 0 Å². The Morgan fingerprint density at radius 1 is 0.581 bits per heavy atom. The molecule has 0 bridgehead atoms. The molecule has 0 aromatic carbocycles. The van der Waals surface area contributed by atoms with E-state index in [4.69, 9.17) is 0 Å². The number of hydrogen-bond acceptors (Lipinski definition) is 4. The zero-order valence-electron chi connectivity index (χ0n) is 21.6. The molecule has 0 radical (unpaired) electrons. The maximum Gasteiger partial charge on any atom is 0.217 e. The van der Waals surface area contributed by atoms with Gasteiger partial charge in [-0.15, -0.1) is 0 Å². The molecule has 190 valence electrons. The van der Waals surface area contributed by atoms with Crippen LogP contribution in [0.5, 0.6) is 0 Å². The lowest BCUT2D eigenvalue weighted by Crippen LogP contribution is -2.07. The van der Waals surface area contributed by atoms with Crippen LogP contribution < -0.4 is 0 Å². The minimum Gasteiger partial charge on any atom is -0.726 e. The molecule has 0 rings (SSSR count). The fraction of sp³-hybridized carbons (Fsp3) is 1.00. The van der Waals surface area contributed by atoms with Crippen LogP contribution in [0.1, 0.15) is 130 Å². The van der Waals surface area contributed by atoms with E-state index in [2.05, 4.69) is 38.5 Å². The molecule has 6 heteroatoms. The molecule has 0 saturated carbocycles. The van der Waals surface area contributed by atoms with Crippen molar-refractivity contribution >= 4 is 17.7 Å². The van der Waals surface area contributed by atoms with Crippen LogP contribution >= 0.6 is 7.26 Å². The lowest BCUT2D eigenvalue weighted by molar-refractivity contribution is 0.255. The molecule has 0 aliphatic heterocycles. The van der Waals surface area contributed by atoms with Crippen molar-refractivity contribution in [2.24, 2.45) is 0 Å². The van der Waals surface area contributed by atoms with Gasteiger partial charge in [0.05, 0.1) is 25.1 Å². The molecular formula is C25H55O4PS. The molecule has 0 heterocycles. The van der Waals surface area contributed by atoms with Crippen LogP contribution in [0.25, 0.3) is 0 Å². The van der Waals surface area contributed by atoms with Crippen molar-refractivity contribution < 1.29 is 17.2 Å². The summed E-state index contributed by atoms with van der Waals surface area (Å²) in [6, 6.07) is 0. The third-order valence-electron chi connectivity index (χ3n) is 5.88. The molecule has 0 amide bonds. The summed E-state index contributed by atoms with van der Waals surface area (Å²) in [4.78, 5) is 0. The van der Waals surface area contributed by atoms with Gasteiger partial charge < -0.3 is 4.55 Å². The third-order valence-corrected chi connectivity index (χ3v) is 10.5. The first-order valence-corrected chi connectivity index (χ1v) is 17.3. The summed E-state index contributed by atoms with van der Waals surface area (Å²) in [5.41, 5.74) is 0. The first-order chi connectivity index (χ1) is 14.7. The fourth-order valence-electron chi connectivity index (χ4n) is 3.71. The highest BCUT2D eigenvalue weighted by Gasteiger charge is 2.28. The highest BCUT2D eigenvalue weighted by atomic mass is 32.3. The van der Waals surface area contributed by atoms with Gasteiger partial charge in [0.25, 0.3) is 0 Å². The second-order valence-corrected chi connectivity index (χ2v) is 14.9. The lowest BCUT2D eigenvalue weighted by Gasteiger charge is -2.22. The summed E-state index contributed by atoms with van der Waals surface area (Å²) in [6.07, 6.45) is 24.9. The van der Waals surface area contributed by atoms with Crippen LogP contribution in [0.2, 0.25) is 0 Å². The molecule has 0 fully saturated rings. The average molecular weight is 483 g/mol. The SMILES string of the molecule is CCCCCCCCCCCCOS(=O)(=O)[O-].CCCC[P+](C)(CCCC)CCCC. The Balaban J connectivity index is 0. The summed E-state index contributed by atoms with van der Waals surface area (Å²) in [5.74, 6) is 0. The maximum atomic E-state index is 10.1. The molecule has 4 nitrogen and oxygen atoms in total. The zero-order chi connectivity index (χ0) is 23.8. The van der Waals surface area contributed by atoms with Crippen molar-refractivity contribution in [3.05, 3.63) is 0 Å². The van der Waals surface area contributed by atoms with Gasteiger partial charge in [0, 0.05) is 13.9 Å². The van der Waals surface area contributed by atoms with Crippen LogP contribution in [0.4, 0.5) is 0 Å². The van der Waals surface area contributed by atoms with Crippen LogP contribution in [-0.2, 0) is 14.6 Å². The predicted octanol–water partition coefficient (Wildman–Crippen LogP) is 8.42. The van der Waals surface area contributed by atoms with Crippen molar-refractivity contribution in [3.63, 3.8) is 0 Å². The minimum absolute atomic E-state index is 0.0301. The van der Waals surface area contributed by atoms with E-state index >= 15 is 0 Å². The van der Waals surface area contributed by atoms with E-state index < -0.39 is 17.7 Å². The average Bonchev–Trinajstić information content (AvgIpc) is 2.73. The fourth-order valence-corrected chi connectivity index (χ4v) is 7.94. The summed E-state index contributed by atoms with van der Waals surface area (Å²) in [7, 11) is -5.00. The third kappa shape index (κ3) is 28.3. The summed E-state index contributed by atoms with van der Waals surface area (Å²) in [6.45, 7) is 11.8. The summed E-state index contributed by atoms with van der Waals surface area (Å²) in [5, 5.41) is 0. The van der Waals surface area contributed by atoms with E-state index in [1.807, 2.05) is 0 Å². The predicted molar refractivity (Wildman–Crippen MR) is 140 cm³/mol. The molecule has 0 saturated heterocycles. The Hall–Kier alpha value is 0.300. The molecule has 0 spiro atoms. The topological polar surface area (TPSA) is 66.4 Å². The van der Waals surface area contributed by atoms with Gasteiger partial charge in [-0.3, -0.25) is 4.18 Å². The second-order valence-electron chi connectivity index (χ2n) is 9.26. The lowest BCUT2D eigenvalue weighted by atomic mass is 10.1. The molecular weight excluding hydrogens is 427 g/mol. The Morgan fingerprint density at radius 3 is 1.23 bits per heavy atom. The van der Waals surface area contributed by atoms with Crippen LogP contribution in [0, 0.1) is 0 Å². The van der Waals surface area contributed by atoms with Gasteiger partial charge in [-0.25, -0.2) is 8.42 Å². The van der Waals surface area contributed by atoms with Crippen molar-refractivity contribution in [3.8, 4) is 0 Å². The first-order valence-electron chi connectivity index (χ1n) is 13.2. The highest BCUT2D eigenvalue weighted by Crippen LogP contribution is 2.57.